The summed E-state index contributed by atoms with van der Waals surface area (Å²) >= 11 is 1.48. The molecule has 0 atom stereocenters. The predicted octanol–water partition coefficient (Wildman–Crippen LogP) is 4.44. The van der Waals surface area contributed by atoms with Gasteiger partial charge in [-0.3, -0.25) is 0 Å². The van der Waals surface area contributed by atoms with E-state index in [1.54, 1.807) is 42.7 Å². The second kappa shape index (κ2) is 10.3. The number of halogens is 1. The highest BCUT2D eigenvalue weighted by atomic mass is 32.2. The number of rotatable bonds is 7. The maximum atomic E-state index is 13.3. The maximum absolute atomic E-state index is 13.3. The van der Waals surface area contributed by atoms with Gasteiger partial charge in [-0.15, -0.1) is 11.3 Å². The number of aryl methyl sites for hydroxylation is 1. The molecule has 0 radical (unpaired) electrons. The standard InChI is InChI=1S/C25H24FN3O4S2/c26-20-5-3-19(4-6-20)11-12-29-23(24-2-1-15-33-24)18-34-25(29)27-21-7-9-22(10-8-21)35(30,31)28-13-16-32-17-14-28/h1-10,15,18H,11-14,16-17H2. The van der Waals surface area contributed by atoms with E-state index in [0.717, 1.165) is 21.8 Å². The van der Waals surface area contributed by atoms with Crippen LogP contribution in [0, 0.1) is 5.82 Å². The Hall–Kier alpha value is -3.05. The number of hydrogen-bond donors (Lipinski definition) is 0. The Labute approximate surface area is 206 Å². The Morgan fingerprint density at radius 3 is 2.43 bits per heavy atom. The number of furan rings is 1. The fourth-order valence-corrected chi connectivity index (χ4v) is 6.23. The van der Waals surface area contributed by atoms with Gasteiger partial charge < -0.3 is 13.7 Å². The van der Waals surface area contributed by atoms with E-state index in [1.807, 2.05) is 17.5 Å². The van der Waals surface area contributed by atoms with Gasteiger partial charge in [0.25, 0.3) is 0 Å². The van der Waals surface area contributed by atoms with Crippen molar-refractivity contribution in [3.05, 3.63) is 88.5 Å². The first kappa shape index (κ1) is 23.7. The van der Waals surface area contributed by atoms with Crippen LogP contribution in [0.5, 0.6) is 0 Å². The van der Waals surface area contributed by atoms with Crippen LogP contribution in [0.1, 0.15) is 5.56 Å². The van der Waals surface area contributed by atoms with E-state index in [0.29, 0.717) is 45.0 Å². The Morgan fingerprint density at radius 1 is 1.00 bits per heavy atom. The summed E-state index contributed by atoms with van der Waals surface area (Å²) in [5.74, 6) is 0.469. The molecule has 0 N–H and O–H groups in total. The lowest BCUT2D eigenvalue weighted by Gasteiger charge is -2.26. The van der Waals surface area contributed by atoms with Crippen molar-refractivity contribution in [1.29, 1.82) is 0 Å². The van der Waals surface area contributed by atoms with Gasteiger partial charge in [-0.2, -0.15) is 4.31 Å². The summed E-state index contributed by atoms with van der Waals surface area (Å²) in [6.45, 7) is 2.13. The molecule has 0 saturated carbocycles. The second-order valence-corrected chi connectivity index (χ2v) is 10.8. The Kier molecular flexibility index (Phi) is 6.96. The highest BCUT2D eigenvalue weighted by molar-refractivity contribution is 7.89. The van der Waals surface area contributed by atoms with E-state index >= 15 is 0 Å². The number of sulfonamides is 1. The molecule has 2 aromatic heterocycles. The molecule has 5 rings (SSSR count). The normalized spacial score (nSPS) is 15.5. The van der Waals surface area contributed by atoms with Crippen molar-refractivity contribution in [3.8, 4) is 11.5 Å². The topological polar surface area (TPSA) is 77.0 Å². The Morgan fingerprint density at radius 2 is 1.74 bits per heavy atom. The smallest absolute Gasteiger partial charge is 0.243 e. The number of ether oxygens (including phenoxy) is 1. The highest BCUT2D eigenvalue weighted by Gasteiger charge is 2.26. The van der Waals surface area contributed by atoms with Crippen LogP contribution in [0.3, 0.4) is 0 Å². The largest absolute Gasteiger partial charge is 0.463 e. The lowest BCUT2D eigenvalue weighted by Crippen LogP contribution is -2.40. The minimum atomic E-state index is -3.56. The molecule has 10 heteroatoms. The average Bonchev–Trinajstić information content (AvgIpc) is 3.55. The summed E-state index contributed by atoms with van der Waals surface area (Å²) in [6, 6.07) is 16.8. The SMILES string of the molecule is O=S(=O)(c1ccc(N=c2scc(-c3ccco3)n2CCc2ccc(F)cc2)cc1)N1CCOCC1. The molecule has 3 heterocycles. The lowest BCUT2D eigenvalue weighted by atomic mass is 10.1. The molecule has 4 aromatic rings. The summed E-state index contributed by atoms with van der Waals surface area (Å²) in [5.41, 5.74) is 2.56. The lowest BCUT2D eigenvalue weighted by molar-refractivity contribution is 0.0730. The van der Waals surface area contributed by atoms with Gasteiger partial charge in [0.1, 0.15) is 5.82 Å². The minimum Gasteiger partial charge on any atom is -0.463 e. The van der Waals surface area contributed by atoms with E-state index in [2.05, 4.69) is 4.57 Å². The highest BCUT2D eigenvalue weighted by Crippen LogP contribution is 2.23. The number of hydrogen-bond acceptors (Lipinski definition) is 6. The van der Waals surface area contributed by atoms with Crippen molar-refractivity contribution in [2.45, 2.75) is 17.9 Å². The maximum Gasteiger partial charge on any atom is 0.243 e. The minimum absolute atomic E-state index is 0.241. The third-order valence-electron chi connectivity index (χ3n) is 5.78. The zero-order chi connectivity index (χ0) is 24.3. The summed E-state index contributed by atoms with van der Waals surface area (Å²) in [5, 5.41) is 1.99. The molecule has 1 aliphatic rings. The second-order valence-electron chi connectivity index (χ2n) is 8.03. The quantitative estimate of drug-likeness (QED) is 0.366. The van der Waals surface area contributed by atoms with Crippen molar-refractivity contribution >= 4 is 27.0 Å². The molecular formula is C25H24FN3O4S2. The molecule has 0 unspecified atom stereocenters. The van der Waals surface area contributed by atoms with Gasteiger partial charge in [-0.1, -0.05) is 12.1 Å². The van der Waals surface area contributed by atoms with Crippen LogP contribution in [0.15, 0.2) is 86.6 Å². The number of aromatic nitrogens is 1. The van der Waals surface area contributed by atoms with Gasteiger partial charge in [0.05, 0.1) is 35.8 Å². The van der Waals surface area contributed by atoms with Gasteiger partial charge in [-0.05, 0) is 60.5 Å². The van der Waals surface area contributed by atoms with Crippen molar-refractivity contribution < 1.29 is 22.0 Å². The number of nitrogens with zero attached hydrogens (tertiary/aromatic N) is 3. The molecule has 1 saturated heterocycles. The van der Waals surface area contributed by atoms with Crippen molar-refractivity contribution in [1.82, 2.24) is 8.87 Å². The van der Waals surface area contributed by atoms with E-state index in [1.165, 1.54) is 27.8 Å². The summed E-state index contributed by atoms with van der Waals surface area (Å²) in [4.78, 5) is 5.78. The predicted molar refractivity (Wildman–Crippen MR) is 131 cm³/mol. The van der Waals surface area contributed by atoms with Crippen LogP contribution in [-0.4, -0.2) is 43.6 Å². The van der Waals surface area contributed by atoms with Gasteiger partial charge in [-0.25, -0.2) is 17.8 Å². The van der Waals surface area contributed by atoms with Gasteiger partial charge >= 0.3 is 0 Å². The van der Waals surface area contributed by atoms with Crippen LogP contribution in [-0.2, 0) is 27.7 Å². The average molecular weight is 514 g/mol. The van der Waals surface area contributed by atoms with Crippen LogP contribution < -0.4 is 4.80 Å². The number of benzene rings is 2. The molecule has 0 bridgehead atoms. The molecule has 182 valence electrons. The zero-order valence-electron chi connectivity index (χ0n) is 18.8. The summed E-state index contributed by atoms with van der Waals surface area (Å²) in [7, 11) is -3.56. The molecule has 0 amide bonds. The Bertz CT molecular complexity index is 1440. The third kappa shape index (κ3) is 5.30. The first-order chi connectivity index (χ1) is 17.0. The molecule has 1 fully saturated rings. The van der Waals surface area contributed by atoms with Crippen molar-refractivity contribution in [2.24, 2.45) is 4.99 Å². The third-order valence-corrected chi connectivity index (χ3v) is 8.55. The molecule has 7 nitrogen and oxygen atoms in total. The first-order valence-corrected chi connectivity index (χ1v) is 13.5. The molecule has 35 heavy (non-hydrogen) atoms. The monoisotopic (exact) mass is 513 g/mol. The molecule has 2 aromatic carbocycles. The van der Waals surface area contributed by atoms with Crippen LogP contribution in [0.2, 0.25) is 0 Å². The van der Waals surface area contributed by atoms with Crippen molar-refractivity contribution in [3.63, 3.8) is 0 Å². The molecule has 0 spiro atoms. The van der Waals surface area contributed by atoms with Crippen LogP contribution in [0.25, 0.3) is 11.5 Å². The van der Waals surface area contributed by atoms with Gasteiger partial charge in [0, 0.05) is 25.0 Å². The fraction of sp³-hybridized carbons (Fsp3) is 0.240. The number of thiazole rings is 1. The fourth-order valence-electron chi connectivity index (χ4n) is 3.89. The van der Waals surface area contributed by atoms with Crippen molar-refractivity contribution in [2.75, 3.05) is 26.3 Å². The van der Waals surface area contributed by atoms with Crippen LogP contribution >= 0.6 is 11.3 Å². The summed E-state index contributed by atoms with van der Waals surface area (Å²) < 4.78 is 53.5. The molecule has 1 aliphatic heterocycles. The Balaban J connectivity index is 1.44. The first-order valence-electron chi connectivity index (χ1n) is 11.2. The van der Waals surface area contributed by atoms with E-state index in [9.17, 15) is 12.8 Å². The molecule has 0 aliphatic carbocycles. The van der Waals surface area contributed by atoms with Gasteiger partial charge in [0.2, 0.25) is 10.0 Å². The van der Waals surface area contributed by atoms with Crippen LogP contribution in [0.4, 0.5) is 10.1 Å². The number of morpholine rings is 1. The summed E-state index contributed by atoms with van der Waals surface area (Å²) in [6.07, 6.45) is 2.32. The molecular weight excluding hydrogens is 489 g/mol. The van der Waals surface area contributed by atoms with Gasteiger partial charge in [0.15, 0.2) is 10.6 Å². The van der Waals surface area contributed by atoms with E-state index in [4.69, 9.17) is 14.1 Å². The van der Waals surface area contributed by atoms with E-state index < -0.39 is 10.0 Å². The zero-order valence-corrected chi connectivity index (χ0v) is 20.5. The van der Waals surface area contributed by atoms with E-state index in [-0.39, 0.29) is 10.7 Å².